The van der Waals surface area contributed by atoms with Gasteiger partial charge in [0, 0.05) is 0 Å². The first-order valence-corrected chi connectivity index (χ1v) is 6.55. The first kappa shape index (κ1) is 14.7. The molecule has 0 aromatic carbocycles. The number of carbonyl (C=O) groups is 1. The third-order valence-electron chi connectivity index (χ3n) is 4.02. The number of hydrogen-bond acceptors (Lipinski definition) is 3. The van der Waals surface area contributed by atoms with E-state index in [9.17, 15) is 9.90 Å². The summed E-state index contributed by atoms with van der Waals surface area (Å²) in [6.07, 6.45) is 1.62. The molecule has 1 saturated heterocycles. The largest absolute Gasteiger partial charge is 0.382 e. The Hall–Kier alpha value is -0.410. The second-order valence-corrected chi connectivity index (χ2v) is 6.32. The van der Waals surface area contributed by atoms with Crippen LogP contribution in [0.3, 0.4) is 0 Å². The van der Waals surface area contributed by atoms with Crippen molar-refractivity contribution in [3.05, 3.63) is 0 Å². The summed E-state index contributed by atoms with van der Waals surface area (Å²) in [6, 6.07) is 0. The monoisotopic (exact) mass is 242 g/mol. The van der Waals surface area contributed by atoms with Gasteiger partial charge in [-0.25, -0.2) is 0 Å². The highest BCUT2D eigenvalue weighted by molar-refractivity contribution is 5.90. The van der Waals surface area contributed by atoms with E-state index in [-0.39, 0.29) is 17.3 Å². The zero-order valence-electron chi connectivity index (χ0n) is 12.0. The summed E-state index contributed by atoms with van der Waals surface area (Å²) in [5.41, 5.74) is -1.96. The van der Waals surface area contributed by atoms with Gasteiger partial charge in [-0.3, -0.25) is 4.79 Å². The Morgan fingerprint density at radius 2 is 1.76 bits per heavy atom. The molecule has 0 aromatic rings. The number of carbonyl (C=O) groups excluding carboxylic acids is 1. The van der Waals surface area contributed by atoms with Crippen molar-refractivity contribution < 1.29 is 14.6 Å². The Labute approximate surface area is 105 Å². The molecule has 0 bridgehead atoms. The van der Waals surface area contributed by atoms with E-state index in [0.717, 1.165) is 0 Å². The van der Waals surface area contributed by atoms with Crippen LogP contribution in [-0.2, 0) is 9.53 Å². The van der Waals surface area contributed by atoms with Crippen LogP contribution < -0.4 is 0 Å². The van der Waals surface area contributed by atoms with E-state index in [1.165, 1.54) is 0 Å². The molecule has 1 aliphatic heterocycles. The van der Waals surface area contributed by atoms with Crippen LogP contribution in [0.2, 0.25) is 0 Å². The van der Waals surface area contributed by atoms with Crippen LogP contribution >= 0.6 is 0 Å². The summed E-state index contributed by atoms with van der Waals surface area (Å²) >= 11 is 0. The van der Waals surface area contributed by atoms with Crippen LogP contribution in [0, 0.1) is 5.92 Å². The second kappa shape index (κ2) is 4.36. The van der Waals surface area contributed by atoms with E-state index < -0.39 is 11.2 Å². The highest BCUT2D eigenvalue weighted by Gasteiger charge is 2.53. The fraction of sp³-hybridized carbons (Fsp3) is 0.929. The Kier molecular flexibility index (Phi) is 3.76. The summed E-state index contributed by atoms with van der Waals surface area (Å²) < 4.78 is 5.92. The Morgan fingerprint density at radius 1 is 1.29 bits per heavy atom. The minimum absolute atomic E-state index is 0.0573. The lowest BCUT2D eigenvalue weighted by Crippen LogP contribution is -2.46. The molecule has 0 saturated carbocycles. The molecule has 0 spiro atoms. The average Bonchev–Trinajstić information content (AvgIpc) is 2.44. The van der Waals surface area contributed by atoms with Crippen molar-refractivity contribution in [2.75, 3.05) is 0 Å². The predicted octanol–water partition coefficient (Wildman–Crippen LogP) is 2.70. The van der Waals surface area contributed by atoms with Gasteiger partial charge in [0.15, 0.2) is 5.78 Å². The Bertz CT molecular complexity index is 301. The third-order valence-corrected chi connectivity index (χ3v) is 4.02. The molecule has 1 N–H and O–H groups in total. The van der Waals surface area contributed by atoms with Gasteiger partial charge in [0.25, 0.3) is 0 Å². The summed E-state index contributed by atoms with van der Waals surface area (Å²) in [6.45, 7) is 11.6. The van der Waals surface area contributed by atoms with Crippen LogP contribution in [0.5, 0.6) is 0 Å². The fourth-order valence-electron chi connectivity index (χ4n) is 2.89. The summed E-state index contributed by atoms with van der Waals surface area (Å²) in [7, 11) is 0. The van der Waals surface area contributed by atoms with Crippen molar-refractivity contribution >= 4 is 5.78 Å². The topological polar surface area (TPSA) is 46.5 Å². The van der Waals surface area contributed by atoms with E-state index in [0.29, 0.717) is 19.3 Å². The lowest BCUT2D eigenvalue weighted by atomic mass is 9.76. The number of rotatable bonds is 4. The van der Waals surface area contributed by atoms with Gasteiger partial charge in [-0.2, -0.15) is 0 Å². The number of hydrogen-bond donors (Lipinski definition) is 1. The molecule has 1 rings (SSSR count). The lowest BCUT2D eigenvalue weighted by Gasteiger charge is -2.32. The van der Waals surface area contributed by atoms with E-state index >= 15 is 0 Å². The predicted molar refractivity (Wildman–Crippen MR) is 67.9 cm³/mol. The van der Waals surface area contributed by atoms with Crippen molar-refractivity contribution in [3.63, 3.8) is 0 Å². The number of aliphatic hydroxyl groups is 1. The third kappa shape index (κ3) is 2.71. The highest BCUT2D eigenvalue weighted by Crippen LogP contribution is 2.44. The standard InChI is InChI=1S/C14H26O3/c1-7-14(16,8-2)11(15)10-9-12(3,4)17-13(10,5)6/h10,16H,7-9H2,1-6H3. The van der Waals surface area contributed by atoms with Crippen molar-refractivity contribution in [2.24, 2.45) is 5.92 Å². The smallest absolute Gasteiger partial charge is 0.170 e. The van der Waals surface area contributed by atoms with Gasteiger partial charge in [0.1, 0.15) is 5.60 Å². The van der Waals surface area contributed by atoms with Gasteiger partial charge in [-0.15, -0.1) is 0 Å². The highest BCUT2D eigenvalue weighted by atomic mass is 16.5. The molecule has 3 heteroatoms. The summed E-state index contributed by atoms with van der Waals surface area (Å²) in [4.78, 5) is 12.5. The van der Waals surface area contributed by atoms with Gasteiger partial charge in [-0.1, -0.05) is 13.8 Å². The fourth-order valence-corrected chi connectivity index (χ4v) is 2.89. The molecule has 0 aliphatic carbocycles. The van der Waals surface area contributed by atoms with E-state index in [1.807, 2.05) is 41.5 Å². The maximum absolute atomic E-state index is 12.5. The van der Waals surface area contributed by atoms with Crippen molar-refractivity contribution in [2.45, 2.75) is 77.6 Å². The Balaban J connectivity index is 2.98. The molecule has 0 radical (unpaired) electrons. The molecule has 0 amide bonds. The van der Waals surface area contributed by atoms with E-state index in [4.69, 9.17) is 4.74 Å². The number of ketones is 1. The minimum Gasteiger partial charge on any atom is -0.382 e. The molecule has 1 atom stereocenters. The van der Waals surface area contributed by atoms with Crippen molar-refractivity contribution in [3.8, 4) is 0 Å². The minimum atomic E-state index is -1.19. The molecular formula is C14H26O3. The van der Waals surface area contributed by atoms with Gasteiger partial charge in [0.2, 0.25) is 0 Å². The first-order chi connectivity index (χ1) is 7.58. The zero-order valence-corrected chi connectivity index (χ0v) is 12.0. The molecule has 17 heavy (non-hydrogen) atoms. The number of Topliss-reactive ketones (excluding diaryl/α,β-unsaturated/α-hetero) is 1. The molecule has 1 fully saturated rings. The SMILES string of the molecule is CCC(O)(CC)C(=O)C1CC(C)(C)OC1(C)C. The summed E-state index contributed by atoms with van der Waals surface area (Å²) in [5.74, 6) is -0.277. The average molecular weight is 242 g/mol. The molecule has 1 aliphatic rings. The second-order valence-electron chi connectivity index (χ2n) is 6.32. The number of ether oxygens (including phenoxy) is 1. The van der Waals surface area contributed by atoms with Gasteiger partial charge < -0.3 is 9.84 Å². The van der Waals surface area contributed by atoms with E-state index in [1.54, 1.807) is 0 Å². The lowest BCUT2D eigenvalue weighted by molar-refractivity contribution is -0.148. The van der Waals surface area contributed by atoms with Crippen molar-refractivity contribution in [1.82, 2.24) is 0 Å². The van der Waals surface area contributed by atoms with Crippen molar-refractivity contribution in [1.29, 1.82) is 0 Å². The zero-order chi connectivity index (χ0) is 13.5. The molecule has 1 unspecified atom stereocenters. The van der Waals surface area contributed by atoms with Gasteiger partial charge >= 0.3 is 0 Å². The van der Waals surface area contributed by atoms with Gasteiger partial charge in [0.05, 0.1) is 17.1 Å². The van der Waals surface area contributed by atoms with Crippen LogP contribution in [-0.4, -0.2) is 27.7 Å². The maximum Gasteiger partial charge on any atom is 0.170 e. The molecular weight excluding hydrogens is 216 g/mol. The van der Waals surface area contributed by atoms with Crippen LogP contribution in [0.4, 0.5) is 0 Å². The molecule has 0 aromatic heterocycles. The Morgan fingerprint density at radius 3 is 2.06 bits per heavy atom. The van der Waals surface area contributed by atoms with Crippen LogP contribution in [0.25, 0.3) is 0 Å². The first-order valence-electron chi connectivity index (χ1n) is 6.55. The normalized spacial score (nSPS) is 27.1. The summed E-state index contributed by atoms with van der Waals surface area (Å²) in [5, 5.41) is 10.4. The molecule has 100 valence electrons. The van der Waals surface area contributed by atoms with Crippen LogP contribution in [0.1, 0.15) is 60.8 Å². The quantitative estimate of drug-likeness (QED) is 0.824. The van der Waals surface area contributed by atoms with Crippen LogP contribution in [0.15, 0.2) is 0 Å². The molecule has 1 heterocycles. The van der Waals surface area contributed by atoms with Gasteiger partial charge in [-0.05, 0) is 47.0 Å². The maximum atomic E-state index is 12.5. The van der Waals surface area contributed by atoms with E-state index in [2.05, 4.69) is 0 Å². The molecule has 3 nitrogen and oxygen atoms in total.